The summed E-state index contributed by atoms with van der Waals surface area (Å²) in [6.07, 6.45) is 0.854. The van der Waals surface area contributed by atoms with E-state index >= 15 is 0 Å². The second-order valence-corrected chi connectivity index (χ2v) is 7.01. The summed E-state index contributed by atoms with van der Waals surface area (Å²) in [5.74, 6) is 1.08. The van der Waals surface area contributed by atoms with Gasteiger partial charge >= 0.3 is 0 Å². The van der Waals surface area contributed by atoms with Crippen LogP contribution in [0.5, 0.6) is 5.75 Å². The number of nitrogens with zero attached hydrogens (tertiary/aromatic N) is 2. The van der Waals surface area contributed by atoms with E-state index in [-0.39, 0.29) is 48.4 Å². The second-order valence-electron chi connectivity index (χ2n) is 7.01. The van der Waals surface area contributed by atoms with Crippen LogP contribution >= 0.6 is 24.0 Å². The quantitative estimate of drug-likeness (QED) is 0.265. The molecule has 2 amide bonds. The number of imide groups is 1. The van der Waals surface area contributed by atoms with Gasteiger partial charge in [-0.3, -0.25) is 14.5 Å². The zero-order valence-corrected chi connectivity index (χ0v) is 19.1. The first kappa shape index (κ1) is 22.1. The van der Waals surface area contributed by atoms with Crippen LogP contribution < -0.4 is 15.4 Å². The first-order valence-electron chi connectivity index (χ1n) is 9.89. The predicted octanol–water partition coefficient (Wildman–Crippen LogP) is 2.46. The van der Waals surface area contributed by atoms with E-state index in [2.05, 4.69) is 21.7 Å². The van der Waals surface area contributed by atoms with Gasteiger partial charge in [0, 0.05) is 26.1 Å². The van der Waals surface area contributed by atoms with E-state index in [9.17, 15) is 9.59 Å². The molecule has 8 heteroatoms. The Hall–Kier alpha value is -2.62. The van der Waals surface area contributed by atoms with Gasteiger partial charge in [0.25, 0.3) is 11.8 Å². The van der Waals surface area contributed by atoms with E-state index in [0.717, 1.165) is 12.2 Å². The van der Waals surface area contributed by atoms with Crippen molar-refractivity contribution in [3.63, 3.8) is 0 Å². The van der Waals surface area contributed by atoms with Crippen molar-refractivity contribution in [2.24, 2.45) is 4.99 Å². The minimum atomic E-state index is -0.244. The maximum absolute atomic E-state index is 12.4. The first-order valence-corrected chi connectivity index (χ1v) is 9.89. The predicted molar refractivity (Wildman–Crippen MR) is 126 cm³/mol. The zero-order chi connectivity index (χ0) is 20.2. The average molecular weight is 520 g/mol. The van der Waals surface area contributed by atoms with Crippen molar-refractivity contribution < 1.29 is 14.3 Å². The molecule has 30 heavy (non-hydrogen) atoms. The molecule has 2 heterocycles. The van der Waals surface area contributed by atoms with E-state index in [1.54, 1.807) is 24.3 Å². The van der Waals surface area contributed by atoms with Crippen LogP contribution in [-0.2, 0) is 6.42 Å². The summed E-state index contributed by atoms with van der Waals surface area (Å²) in [4.78, 5) is 30.7. The largest absolute Gasteiger partial charge is 0.488 e. The molecule has 158 valence electrons. The second kappa shape index (κ2) is 9.92. The van der Waals surface area contributed by atoms with Gasteiger partial charge in [0.2, 0.25) is 0 Å². The van der Waals surface area contributed by atoms with Crippen LogP contribution in [0.3, 0.4) is 0 Å². The van der Waals surface area contributed by atoms with Gasteiger partial charge in [-0.1, -0.05) is 30.3 Å². The number of nitrogens with one attached hydrogen (secondary N) is 2. The lowest BCUT2D eigenvalue weighted by Gasteiger charge is -2.17. The summed E-state index contributed by atoms with van der Waals surface area (Å²) in [6.45, 7) is 3.93. The maximum Gasteiger partial charge on any atom is 0.261 e. The third-order valence-electron chi connectivity index (χ3n) is 5.02. The number of fused-ring (bicyclic) bond motifs is 2. The molecule has 1 unspecified atom stereocenters. The number of hydrogen-bond donors (Lipinski definition) is 2. The summed E-state index contributed by atoms with van der Waals surface area (Å²) >= 11 is 0. The number of carbonyl (C=O) groups is 2. The zero-order valence-electron chi connectivity index (χ0n) is 16.8. The lowest BCUT2D eigenvalue weighted by Crippen LogP contribution is -2.43. The van der Waals surface area contributed by atoms with Crippen molar-refractivity contribution in [2.45, 2.75) is 19.4 Å². The molecule has 0 bridgehead atoms. The molecule has 0 radical (unpaired) electrons. The number of amides is 2. The highest BCUT2D eigenvalue weighted by molar-refractivity contribution is 14.0. The number of rotatable bonds is 6. The van der Waals surface area contributed by atoms with Crippen LogP contribution in [0.25, 0.3) is 0 Å². The van der Waals surface area contributed by atoms with Crippen LogP contribution in [0, 0.1) is 0 Å². The molecule has 2 N–H and O–H groups in total. The maximum atomic E-state index is 12.4. The first-order chi connectivity index (χ1) is 14.2. The van der Waals surface area contributed by atoms with Crippen molar-refractivity contribution in [2.75, 3.05) is 26.2 Å². The van der Waals surface area contributed by atoms with Crippen LogP contribution in [0.15, 0.2) is 53.5 Å². The van der Waals surface area contributed by atoms with Gasteiger partial charge in [-0.25, -0.2) is 4.99 Å². The van der Waals surface area contributed by atoms with E-state index < -0.39 is 0 Å². The standard InChI is InChI=1S/C22H24N4O3.HI/c1-2-23-22(25-14-16-13-15-7-3-6-10-19(15)29-16)24-11-12-26-20(27)17-8-4-5-9-18(17)21(26)28;/h3-10,16H,2,11-14H2,1H3,(H2,23,24,25);1H. The smallest absolute Gasteiger partial charge is 0.261 e. The topological polar surface area (TPSA) is 83.0 Å². The number of guanidine groups is 1. The fourth-order valence-electron chi connectivity index (χ4n) is 3.62. The molecule has 0 aliphatic carbocycles. The normalized spacial score (nSPS) is 17.2. The minimum absolute atomic E-state index is 0. The molecular formula is C22H25IN4O3. The lowest BCUT2D eigenvalue weighted by atomic mass is 10.1. The molecule has 7 nitrogen and oxygen atoms in total. The van der Waals surface area contributed by atoms with Crippen molar-refractivity contribution in [1.29, 1.82) is 0 Å². The number of aliphatic imine (C=N–C) groups is 1. The Morgan fingerprint density at radius 3 is 2.40 bits per heavy atom. The van der Waals surface area contributed by atoms with Gasteiger partial charge in [-0.15, -0.1) is 24.0 Å². The highest BCUT2D eigenvalue weighted by Gasteiger charge is 2.34. The lowest BCUT2D eigenvalue weighted by molar-refractivity contribution is 0.0657. The Labute approximate surface area is 192 Å². The summed E-state index contributed by atoms with van der Waals surface area (Å²) in [7, 11) is 0. The number of hydrogen-bond acceptors (Lipinski definition) is 4. The van der Waals surface area contributed by atoms with Crippen LogP contribution in [0.4, 0.5) is 0 Å². The number of benzene rings is 2. The van der Waals surface area contributed by atoms with E-state index in [0.29, 0.717) is 36.7 Å². The monoisotopic (exact) mass is 520 g/mol. The highest BCUT2D eigenvalue weighted by Crippen LogP contribution is 2.28. The Morgan fingerprint density at radius 1 is 1.07 bits per heavy atom. The fourth-order valence-corrected chi connectivity index (χ4v) is 3.62. The average Bonchev–Trinajstić information content (AvgIpc) is 3.26. The van der Waals surface area contributed by atoms with E-state index in [1.165, 1.54) is 10.5 Å². The SMILES string of the molecule is CCNC(=NCC1Cc2ccccc2O1)NCCN1C(=O)c2ccccc2C1=O.I. The molecule has 0 saturated carbocycles. The van der Waals surface area contributed by atoms with Crippen molar-refractivity contribution in [3.8, 4) is 5.75 Å². The molecular weight excluding hydrogens is 495 g/mol. The fraction of sp³-hybridized carbons (Fsp3) is 0.318. The molecule has 0 saturated heterocycles. The molecule has 4 rings (SSSR count). The van der Waals surface area contributed by atoms with Crippen LogP contribution in [0.1, 0.15) is 33.2 Å². The number of ether oxygens (including phenoxy) is 1. The number of carbonyl (C=O) groups excluding carboxylic acids is 2. The third kappa shape index (κ3) is 4.58. The van der Waals surface area contributed by atoms with E-state index in [4.69, 9.17) is 4.74 Å². The molecule has 2 aromatic carbocycles. The van der Waals surface area contributed by atoms with Gasteiger partial charge in [0.15, 0.2) is 5.96 Å². The number of halogens is 1. The molecule has 1 atom stereocenters. The number of para-hydroxylation sites is 1. The van der Waals surface area contributed by atoms with Crippen molar-refractivity contribution >= 4 is 41.8 Å². The summed E-state index contributed by atoms with van der Waals surface area (Å²) < 4.78 is 5.92. The van der Waals surface area contributed by atoms with Crippen molar-refractivity contribution in [1.82, 2.24) is 15.5 Å². The van der Waals surface area contributed by atoms with Gasteiger partial charge in [0.05, 0.1) is 17.7 Å². The molecule has 0 spiro atoms. The summed E-state index contributed by atoms with van der Waals surface area (Å²) in [5, 5.41) is 6.39. The van der Waals surface area contributed by atoms with Gasteiger partial charge in [-0.05, 0) is 30.7 Å². The molecule has 0 aromatic heterocycles. The van der Waals surface area contributed by atoms with Gasteiger partial charge < -0.3 is 15.4 Å². The summed E-state index contributed by atoms with van der Waals surface area (Å²) in [5.41, 5.74) is 2.14. The molecule has 2 aliphatic rings. The molecule has 0 fully saturated rings. The Kier molecular flexibility index (Phi) is 7.30. The Balaban J connectivity index is 0.00000256. The highest BCUT2D eigenvalue weighted by atomic mass is 127. The molecule has 2 aromatic rings. The summed E-state index contributed by atoms with van der Waals surface area (Å²) in [6, 6.07) is 14.9. The third-order valence-corrected chi connectivity index (χ3v) is 5.02. The van der Waals surface area contributed by atoms with E-state index in [1.807, 2.05) is 25.1 Å². The minimum Gasteiger partial charge on any atom is -0.488 e. The Morgan fingerprint density at radius 2 is 1.73 bits per heavy atom. The van der Waals surface area contributed by atoms with Crippen LogP contribution in [0.2, 0.25) is 0 Å². The van der Waals surface area contributed by atoms with Crippen LogP contribution in [-0.4, -0.2) is 55.0 Å². The van der Waals surface area contributed by atoms with Gasteiger partial charge in [-0.2, -0.15) is 0 Å². The molecule has 2 aliphatic heterocycles. The van der Waals surface area contributed by atoms with Gasteiger partial charge in [0.1, 0.15) is 11.9 Å². The Bertz CT molecular complexity index is 903. The van der Waals surface area contributed by atoms with Crippen molar-refractivity contribution in [3.05, 3.63) is 65.2 Å².